The Balaban J connectivity index is 2.38. The van der Waals surface area contributed by atoms with E-state index in [4.69, 9.17) is 4.74 Å². The molecule has 134 valence electrons. The highest BCUT2D eigenvalue weighted by Crippen LogP contribution is 2.27. The van der Waals surface area contributed by atoms with Crippen molar-refractivity contribution in [2.45, 2.75) is 16.7 Å². The van der Waals surface area contributed by atoms with Gasteiger partial charge in [-0.05, 0) is 36.6 Å². The normalized spacial score (nSPS) is 11.2. The number of carbonyl (C=O) groups excluding carboxylic acids is 1. The van der Waals surface area contributed by atoms with Crippen LogP contribution in [0.5, 0.6) is 5.75 Å². The number of methoxy groups -OCH3 is 1. The van der Waals surface area contributed by atoms with Crippen molar-refractivity contribution in [3.8, 4) is 5.75 Å². The number of hydrogen-bond acceptors (Lipinski definition) is 5. The summed E-state index contributed by atoms with van der Waals surface area (Å²) in [6, 6.07) is 11.7. The van der Waals surface area contributed by atoms with Crippen molar-refractivity contribution in [2.24, 2.45) is 0 Å². The lowest BCUT2D eigenvalue weighted by Crippen LogP contribution is -2.24. The summed E-state index contributed by atoms with van der Waals surface area (Å²) in [5.41, 5.74) is 0.903. The number of amides is 1. The van der Waals surface area contributed by atoms with E-state index in [2.05, 4.69) is 10.0 Å². The Hall–Kier alpha value is -2.03. The third-order valence-electron chi connectivity index (χ3n) is 3.40. The number of thioether (sulfide) groups is 1. The first-order valence-corrected chi connectivity index (χ1v) is 10.3. The second kappa shape index (κ2) is 8.37. The van der Waals surface area contributed by atoms with Crippen LogP contribution in [0.1, 0.15) is 17.3 Å². The van der Waals surface area contributed by atoms with Crippen molar-refractivity contribution in [3.05, 3.63) is 48.0 Å². The Morgan fingerprint density at radius 2 is 1.92 bits per heavy atom. The summed E-state index contributed by atoms with van der Waals surface area (Å²) in [4.78, 5) is 13.4. The Bertz CT molecular complexity index is 867. The standard InChI is InChI=1S/C17H20N2O4S2/c1-4-18-25(21,22)16-11-12(9-10-14(16)23-2)17(20)19-13-7-5-6-8-15(13)24-3/h5-11,18H,4H2,1-3H3,(H,19,20). The van der Waals surface area contributed by atoms with E-state index in [1.807, 2.05) is 24.5 Å². The fraction of sp³-hybridized carbons (Fsp3) is 0.235. The number of anilines is 1. The molecule has 6 nitrogen and oxygen atoms in total. The highest BCUT2D eigenvalue weighted by atomic mass is 32.2. The summed E-state index contributed by atoms with van der Waals surface area (Å²) >= 11 is 1.51. The molecular weight excluding hydrogens is 360 g/mol. The van der Waals surface area contributed by atoms with Crippen LogP contribution in [0.2, 0.25) is 0 Å². The summed E-state index contributed by atoms with van der Waals surface area (Å²) in [5, 5.41) is 2.81. The quantitative estimate of drug-likeness (QED) is 0.722. The van der Waals surface area contributed by atoms with Crippen LogP contribution in [-0.2, 0) is 10.0 Å². The molecule has 0 unspecified atom stereocenters. The van der Waals surface area contributed by atoms with Gasteiger partial charge < -0.3 is 10.1 Å². The van der Waals surface area contributed by atoms with E-state index in [0.717, 1.165) is 4.90 Å². The van der Waals surface area contributed by atoms with Crippen LogP contribution in [-0.4, -0.2) is 34.2 Å². The highest BCUT2D eigenvalue weighted by Gasteiger charge is 2.21. The van der Waals surface area contributed by atoms with Crippen LogP contribution in [0.3, 0.4) is 0 Å². The van der Waals surface area contributed by atoms with Crippen molar-refractivity contribution in [3.63, 3.8) is 0 Å². The first-order chi connectivity index (χ1) is 11.9. The molecule has 2 N–H and O–H groups in total. The lowest BCUT2D eigenvalue weighted by Gasteiger charge is -2.13. The molecule has 0 bridgehead atoms. The van der Waals surface area contributed by atoms with Crippen LogP contribution in [0, 0.1) is 0 Å². The van der Waals surface area contributed by atoms with Crippen molar-refractivity contribution in [1.82, 2.24) is 4.72 Å². The molecule has 0 fully saturated rings. The Morgan fingerprint density at radius 3 is 2.56 bits per heavy atom. The Kier molecular flexibility index (Phi) is 6.46. The molecule has 0 radical (unpaired) electrons. The highest BCUT2D eigenvalue weighted by molar-refractivity contribution is 7.98. The predicted octanol–water partition coefficient (Wildman–Crippen LogP) is 2.97. The molecule has 0 saturated carbocycles. The number of benzene rings is 2. The predicted molar refractivity (Wildman–Crippen MR) is 100 cm³/mol. The van der Waals surface area contributed by atoms with E-state index in [9.17, 15) is 13.2 Å². The van der Waals surface area contributed by atoms with Gasteiger partial charge in [0.1, 0.15) is 10.6 Å². The molecule has 0 spiro atoms. The number of sulfonamides is 1. The zero-order valence-corrected chi connectivity index (χ0v) is 15.8. The third-order valence-corrected chi connectivity index (χ3v) is 5.77. The first-order valence-electron chi connectivity index (χ1n) is 7.55. The minimum atomic E-state index is -3.75. The summed E-state index contributed by atoms with van der Waals surface area (Å²) in [7, 11) is -2.37. The smallest absolute Gasteiger partial charge is 0.255 e. The molecule has 2 aromatic carbocycles. The molecule has 8 heteroatoms. The number of carbonyl (C=O) groups is 1. The average molecular weight is 380 g/mol. The Morgan fingerprint density at radius 1 is 1.20 bits per heavy atom. The minimum absolute atomic E-state index is 0.0670. The number of para-hydroxylation sites is 1. The molecular formula is C17H20N2O4S2. The van der Waals surface area contributed by atoms with Gasteiger partial charge in [0.05, 0.1) is 12.8 Å². The maximum absolute atomic E-state index is 12.5. The molecule has 2 rings (SSSR count). The van der Waals surface area contributed by atoms with Gasteiger partial charge in [-0.3, -0.25) is 4.79 Å². The molecule has 0 saturated heterocycles. The second-order valence-electron chi connectivity index (χ2n) is 5.02. The number of nitrogens with one attached hydrogen (secondary N) is 2. The first kappa shape index (κ1) is 19.3. The van der Waals surface area contributed by atoms with Crippen LogP contribution in [0.25, 0.3) is 0 Å². The van der Waals surface area contributed by atoms with E-state index >= 15 is 0 Å². The van der Waals surface area contributed by atoms with E-state index in [1.165, 1.54) is 37.1 Å². The maximum Gasteiger partial charge on any atom is 0.255 e. The van der Waals surface area contributed by atoms with Gasteiger partial charge in [0.25, 0.3) is 5.91 Å². The Labute approximate surface area is 152 Å². The molecule has 0 aliphatic heterocycles. The fourth-order valence-electron chi connectivity index (χ4n) is 2.24. The van der Waals surface area contributed by atoms with Gasteiger partial charge in [0.2, 0.25) is 10.0 Å². The van der Waals surface area contributed by atoms with Gasteiger partial charge in [-0.1, -0.05) is 19.1 Å². The largest absolute Gasteiger partial charge is 0.495 e. The average Bonchev–Trinajstić information content (AvgIpc) is 2.61. The monoisotopic (exact) mass is 380 g/mol. The SMILES string of the molecule is CCNS(=O)(=O)c1cc(C(=O)Nc2ccccc2SC)ccc1OC. The van der Waals surface area contributed by atoms with E-state index < -0.39 is 15.9 Å². The lowest BCUT2D eigenvalue weighted by molar-refractivity contribution is 0.102. The van der Waals surface area contributed by atoms with E-state index in [-0.39, 0.29) is 22.8 Å². The number of rotatable bonds is 7. The van der Waals surface area contributed by atoms with Crippen LogP contribution >= 0.6 is 11.8 Å². The van der Waals surface area contributed by atoms with Gasteiger partial charge in [0, 0.05) is 17.0 Å². The summed E-state index contributed by atoms with van der Waals surface area (Å²) in [5.74, 6) is -0.209. The molecule has 0 aliphatic rings. The third kappa shape index (κ3) is 4.53. The molecule has 2 aromatic rings. The summed E-state index contributed by atoms with van der Waals surface area (Å²) in [6.07, 6.45) is 1.92. The zero-order valence-electron chi connectivity index (χ0n) is 14.2. The van der Waals surface area contributed by atoms with Crippen LogP contribution in [0.4, 0.5) is 5.69 Å². The van der Waals surface area contributed by atoms with Gasteiger partial charge in [-0.15, -0.1) is 11.8 Å². The van der Waals surface area contributed by atoms with Crippen molar-refractivity contribution in [1.29, 1.82) is 0 Å². The van der Waals surface area contributed by atoms with Crippen LogP contribution < -0.4 is 14.8 Å². The van der Waals surface area contributed by atoms with E-state index in [1.54, 1.807) is 13.0 Å². The van der Waals surface area contributed by atoms with Gasteiger partial charge in [0.15, 0.2) is 0 Å². The lowest BCUT2D eigenvalue weighted by atomic mass is 10.2. The maximum atomic E-state index is 12.5. The topological polar surface area (TPSA) is 84.5 Å². The molecule has 0 aliphatic carbocycles. The minimum Gasteiger partial charge on any atom is -0.495 e. The molecule has 0 heterocycles. The van der Waals surface area contributed by atoms with Crippen molar-refractivity contribution >= 4 is 33.4 Å². The fourth-order valence-corrected chi connectivity index (χ4v) is 4.03. The van der Waals surface area contributed by atoms with Gasteiger partial charge in [-0.2, -0.15) is 0 Å². The number of ether oxygens (including phenoxy) is 1. The zero-order chi connectivity index (χ0) is 18.4. The van der Waals surface area contributed by atoms with Crippen LogP contribution in [0.15, 0.2) is 52.3 Å². The van der Waals surface area contributed by atoms with Gasteiger partial charge >= 0.3 is 0 Å². The molecule has 0 atom stereocenters. The summed E-state index contributed by atoms with van der Waals surface area (Å²) < 4.78 is 32.2. The second-order valence-corrected chi connectivity index (χ2v) is 7.60. The molecule has 1 amide bonds. The van der Waals surface area contributed by atoms with Crippen molar-refractivity contribution < 1.29 is 17.9 Å². The van der Waals surface area contributed by atoms with Gasteiger partial charge in [-0.25, -0.2) is 13.1 Å². The van der Waals surface area contributed by atoms with Crippen molar-refractivity contribution in [2.75, 3.05) is 25.2 Å². The summed E-state index contributed by atoms with van der Waals surface area (Å²) in [6.45, 7) is 1.92. The molecule has 25 heavy (non-hydrogen) atoms. The number of hydrogen-bond donors (Lipinski definition) is 2. The molecule has 0 aromatic heterocycles. The van der Waals surface area contributed by atoms with E-state index in [0.29, 0.717) is 5.69 Å².